The monoisotopic (exact) mass is 651 g/mol. The maximum Gasteiger partial charge on any atom is 0.308 e. The molecule has 2 spiro atoms. The maximum absolute atomic E-state index is 14.0. The van der Waals surface area contributed by atoms with Crippen molar-refractivity contribution in [3.05, 3.63) is 48.0 Å². The van der Waals surface area contributed by atoms with Crippen LogP contribution in [-0.2, 0) is 42.9 Å². The number of esters is 4. The Bertz CT molecular complexity index is 1490. The fraction of sp³-hybridized carbons (Fsp3) is 0.649. The van der Waals surface area contributed by atoms with E-state index in [1.165, 1.54) is 20.8 Å². The van der Waals surface area contributed by atoms with E-state index in [0.717, 1.165) is 5.56 Å². The zero-order valence-electron chi connectivity index (χ0n) is 29.1. The lowest BCUT2D eigenvalue weighted by atomic mass is 9.42. The number of Topliss-reactive ketones (excluding diaryl/α,β-unsaturated/α-hetero) is 1. The van der Waals surface area contributed by atoms with E-state index in [-0.39, 0.29) is 24.7 Å². The summed E-state index contributed by atoms with van der Waals surface area (Å²) >= 11 is 0. The predicted octanol–water partition coefficient (Wildman–Crippen LogP) is 4.99. The summed E-state index contributed by atoms with van der Waals surface area (Å²) in [4.78, 5) is 68.3. The highest BCUT2D eigenvalue weighted by Crippen LogP contribution is 2.86. The third-order valence-electron chi connectivity index (χ3n) is 12.4. The molecule has 10 nitrogen and oxygen atoms in total. The number of benzene rings is 1. The number of nitrogens with zero attached hydrogens (tertiary/aromatic N) is 1. The Labute approximate surface area is 277 Å². The third kappa shape index (κ3) is 4.71. The minimum atomic E-state index is -1.27. The summed E-state index contributed by atoms with van der Waals surface area (Å²) in [5.74, 6) is -3.34. The van der Waals surface area contributed by atoms with Crippen molar-refractivity contribution in [1.29, 1.82) is 0 Å². The fourth-order valence-electron chi connectivity index (χ4n) is 10.9. The smallest absolute Gasteiger partial charge is 0.308 e. The second-order valence-corrected chi connectivity index (χ2v) is 15.0. The van der Waals surface area contributed by atoms with Gasteiger partial charge in [-0.15, -0.1) is 0 Å². The van der Waals surface area contributed by atoms with Gasteiger partial charge in [0.15, 0.2) is 0 Å². The quantitative estimate of drug-likeness (QED) is 0.216. The van der Waals surface area contributed by atoms with Gasteiger partial charge in [-0.3, -0.25) is 24.0 Å². The van der Waals surface area contributed by atoms with E-state index in [2.05, 4.69) is 6.58 Å². The van der Waals surface area contributed by atoms with Gasteiger partial charge in [-0.2, -0.15) is 0 Å². The van der Waals surface area contributed by atoms with Crippen LogP contribution in [0.1, 0.15) is 85.8 Å². The molecule has 10 heteroatoms. The van der Waals surface area contributed by atoms with Crippen molar-refractivity contribution >= 4 is 29.7 Å². The first-order valence-electron chi connectivity index (χ1n) is 16.5. The summed E-state index contributed by atoms with van der Waals surface area (Å²) in [5, 5.41) is 0. The van der Waals surface area contributed by atoms with Gasteiger partial charge in [0.2, 0.25) is 0 Å². The first-order chi connectivity index (χ1) is 21.9. The lowest BCUT2D eigenvalue weighted by molar-refractivity contribution is -0.194. The normalized spacial score (nSPS) is 37.4. The molecule has 0 N–H and O–H groups in total. The van der Waals surface area contributed by atoms with E-state index in [4.69, 9.17) is 18.9 Å². The molecule has 0 heterocycles. The topological polar surface area (TPSA) is 126 Å². The molecular formula is C37H49NO9. The molecule has 1 aromatic rings. The van der Waals surface area contributed by atoms with Gasteiger partial charge in [-0.05, 0) is 43.5 Å². The van der Waals surface area contributed by atoms with E-state index >= 15 is 0 Å². The second kappa shape index (κ2) is 11.9. The number of rotatable bonds is 8. The summed E-state index contributed by atoms with van der Waals surface area (Å²) in [6.07, 6.45) is -2.79. The molecule has 5 rings (SSSR count). The highest BCUT2D eigenvalue weighted by atomic mass is 16.6. The summed E-state index contributed by atoms with van der Waals surface area (Å²) in [6.45, 7) is 16.4. The maximum atomic E-state index is 14.0. The molecule has 4 saturated carbocycles. The number of hydrogen-bond acceptors (Lipinski definition) is 10. The molecule has 3 unspecified atom stereocenters. The van der Waals surface area contributed by atoms with Gasteiger partial charge >= 0.3 is 23.9 Å². The van der Waals surface area contributed by atoms with Crippen LogP contribution in [0.2, 0.25) is 0 Å². The molecule has 0 aliphatic heterocycles. The van der Waals surface area contributed by atoms with Crippen molar-refractivity contribution in [2.75, 3.05) is 14.1 Å². The molecule has 4 fully saturated rings. The number of carbonyl (C=O) groups is 5. The van der Waals surface area contributed by atoms with Crippen LogP contribution in [0, 0.1) is 33.5 Å². The lowest BCUT2D eigenvalue weighted by Crippen LogP contribution is -2.63. The first kappa shape index (κ1) is 34.8. The van der Waals surface area contributed by atoms with Crippen LogP contribution in [0.3, 0.4) is 0 Å². The molecule has 47 heavy (non-hydrogen) atoms. The summed E-state index contributed by atoms with van der Waals surface area (Å²) in [7, 11) is 3.81. The van der Waals surface area contributed by atoms with Crippen LogP contribution in [0.15, 0.2) is 42.5 Å². The first-order valence-corrected chi connectivity index (χ1v) is 16.5. The Hall–Kier alpha value is -3.53. The number of ether oxygens (including phenoxy) is 4. The van der Waals surface area contributed by atoms with E-state index in [0.29, 0.717) is 18.4 Å². The number of fused-ring (bicyclic) bond motifs is 1. The molecule has 0 radical (unpaired) electrons. The molecule has 0 amide bonds. The molecule has 256 valence electrons. The Morgan fingerprint density at radius 1 is 0.894 bits per heavy atom. The zero-order valence-corrected chi connectivity index (χ0v) is 29.1. The second-order valence-electron chi connectivity index (χ2n) is 15.0. The van der Waals surface area contributed by atoms with Gasteiger partial charge in [0.1, 0.15) is 30.2 Å². The van der Waals surface area contributed by atoms with E-state index in [1.807, 2.05) is 77.0 Å². The SMILES string of the molecule is C=C1[C@@H](OC(=O)CC(c2ccccc2)N(C)C)CC[C@@]2(C)[C@@H](OC(C)=O)[C@H](OC(C)=O)C34[C@H](C)C(=O)C[C@@H]([C@@H](OC(C)=O)C132)C4(C)C. The Balaban J connectivity index is 1.69. The van der Waals surface area contributed by atoms with Gasteiger partial charge in [0.25, 0.3) is 0 Å². The van der Waals surface area contributed by atoms with Crippen molar-refractivity contribution in [1.82, 2.24) is 4.90 Å². The highest BCUT2D eigenvalue weighted by Gasteiger charge is 2.92. The summed E-state index contributed by atoms with van der Waals surface area (Å²) < 4.78 is 24.9. The fourth-order valence-corrected chi connectivity index (χ4v) is 10.9. The highest BCUT2D eigenvalue weighted by molar-refractivity contribution is 5.86. The standard InChI is InChI=1S/C37H49NO9/c1-20-28(42)18-26-31(44-22(3)39)37-21(2)29(47-30(43)19-27(38(9)10)25-14-12-11-13-15-25)16-17-35(37,8)32(45-23(4)40)33(46-24(5)41)36(20,37)34(26,6)7/h11-15,20,26-27,29,31-33H,2,16-19H2,1,3-10H3/t20-,26+,27?,29+,31-,32+,33+,35+,36?,37?/m1/s1. The van der Waals surface area contributed by atoms with Crippen molar-refractivity contribution in [3.8, 4) is 0 Å². The van der Waals surface area contributed by atoms with Gasteiger partial charge in [-0.25, -0.2) is 0 Å². The van der Waals surface area contributed by atoms with Crippen LogP contribution in [0.4, 0.5) is 0 Å². The molecule has 2 bridgehead atoms. The molecule has 0 aromatic heterocycles. The third-order valence-corrected chi connectivity index (χ3v) is 12.4. The summed E-state index contributed by atoms with van der Waals surface area (Å²) in [5.41, 5.74) is -2.82. The minimum Gasteiger partial charge on any atom is -0.461 e. The molecule has 4 aliphatic rings. The molecule has 0 saturated heterocycles. The van der Waals surface area contributed by atoms with Gasteiger partial charge in [0.05, 0.1) is 11.8 Å². The molecule has 1 aromatic carbocycles. The van der Waals surface area contributed by atoms with Crippen LogP contribution in [-0.4, -0.2) is 73.1 Å². The number of hydrogen-bond donors (Lipinski definition) is 0. The average Bonchev–Trinajstić information content (AvgIpc) is 3.22. The molecule has 4 aliphatic carbocycles. The average molecular weight is 652 g/mol. The van der Waals surface area contributed by atoms with Crippen LogP contribution in [0.25, 0.3) is 0 Å². The largest absolute Gasteiger partial charge is 0.461 e. The Kier molecular flexibility index (Phi) is 8.78. The summed E-state index contributed by atoms with van der Waals surface area (Å²) in [6, 6.07) is 9.48. The van der Waals surface area contributed by atoms with Gasteiger partial charge < -0.3 is 23.8 Å². The predicted molar refractivity (Wildman–Crippen MR) is 171 cm³/mol. The van der Waals surface area contributed by atoms with Crippen molar-refractivity contribution in [3.63, 3.8) is 0 Å². The van der Waals surface area contributed by atoms with Gasteiger partial charge in [0, 0.05) is 55.9 Å². The Morgan fingerprint density at radius 3 is 2.00 bits per heavy atom. The Morgan fingerprint density at radius 2 is 1.45 bits per heavy atom. The van der Waals surface area contributed by atoms with E-state index < -0.39 is 81.8 Å². The minimum absolute atomic E-state index is 0.0602. The van der Waals surface area contributed by atoms with Crippen LogP contribution < -0.4 is 0 Å². The van der Waals surface area contributed by atoms with Crippen molar-refractivity contribution < 1.29 is 42.9 Å². The van der Waals surface area contributed by atoms with Crippen LogP contribution >= 0.6 is 0 Å². The lowest BCUT2D eigenvalue weighted by Gasteiger charge is -2.60. The van der Waals surface area contributed by atoms with E-state index in [1.54, 1.807) is 0 Å². The molecular weight excluding hydrogens is 602 g/mol. The van der Waals surface area contributed by atoms with Crippen LogP contribution in [0.5, 0.6) is 0 Å². The van der Waals surface area contributed by atoms with Crippen molar-refractivity contribution in [2.45, 2.75) is 105 Å². The number of carbonyl (C=O) groups excluding carboxylic acids is 5. The van der Waals surface area contributed by atoms with Crippen molar-refractivity contribution in [2.24, 2.45) is 33.5 Å². The van der Waals surface area contributed by atoms with E-state index in [9.17, 15) is 24.0 Å². The molecule has 10 atom stereocenters. The van der Waals surface area contributed by atoms with Gasteiger partial charge in [-0.1, -0.05) is 64.6 Å². The zero-order chi connectivity index (χ0) is 34.9. The number of ketones is 1.